The summed E-state index contributed by atoms with van der Waals surface area (Å²) in [6.07, 6.45) is 0. The monoisotopic (exact) mass is 306 g/mol. The van der Waals surface area contributed by atoms with E-state index in [-0.39, 0.29) is 5.41 Å². The van der Waals surface area contributed by atoms with Gasteiger partial charge in [-0.15, -0.1) is 11.3 Å². The van der Waals surface area contributed by atoms with E-state index in [4.69, 9.17) is 4.98 Å². The highest BCUT2D eigenvalue weighted by Gasteiger charge is 2.18. The summed E-state index contributed by atoms with van der Waals surface area (Å²) in [5.74, 6) is 0. The molecular weight excluding hydrogens is 280 g/mol. The minimum absolute atomic E-state index is 0.122. The number of hydrogen-bond donors (Lipinski definition) is 1. The quantitative estimate of drug-likeness (QED) is 0.907. The van der Waals surface area contributed by atoms with Gasteiger partial charge in [0.1, 0.15) is 0 Å². The van der Waals surface area contributed by atoms with Crippen LogP contribution in [0.5, 0.6) is 0 Å². The Morgan fingerprint density at radius 2 is 1.95 bits per heavy atom. The van der Waals surface area contributed by atoms with Gasteiger partial charge in [0.15, 0.2) is 0 Å². The molecule has 21 heavy (non-hydrogen) atoms. The maximum Gasteiger partial charge on any atom is 0.0982 e. The SMILES string of the molecule is Cc1nn(C(C)C)c(C)c1NCc1csc(C(C)(C)C)n1. The lowest BCUT2D eigenvalue weighted by molar-refractivity contribution is 0.516. The van der Waals surface area contributed by atoms with Crippen molar-refractivity contribution in [2.45, 2.75) is 66.5 Å². The average molecular weight is 306 g/mol. The van der Waals surface area contributed by atoms with Gasteiger partial charge < -0.3 is 5.32 Å². The second-order valence-corrected chi connectivity index (χ2v) is 7.69. The van der Waals surface area contributed by atoms with Crippen LogP contribution in [0.1, 0.15) is 62.7 Å². The molecule has 0 unspecified atom stereocenters. The van der Waals surface area contributed by atoms with Crippen molar-refractivity contribution in [1.82, 2.24) is 14.8 Å². The van der Waals surface area contributed by atoms with Crippen molar-refractivity contribution in [2.75, 3.05) is 5.32 Å². The van der Waals surface area contributed by atoms with Crippen molar-refractivity contribution in [3.8, 4) is 0 Å². The molecule has 0 spiro atoms. The second-order valence-electron chi connectivity index (χ2n) is 6.83. The summed E-state index contributed by atoms with van der Waals surface area (Å²) in [6, 6.07) is 0.381. The highest BCUT2D eigenvalue weighted by atomic mass is 32.1. The van der Waals surface area contributed by atoms with Crippen LogP contribution in [0.3, 0.4) is 0 Å². The van der Waals surface area contributed by atoms with Gasteiger partial charge in [-0.1, -0.05) is 20.8 Å². The molecule has 4 nitrogen and oxygen atoms in total. The molecule has 2 aromatic rings. The average Bonchev–Trinajstić information content (AvgIpc) is 2.93. The Kier molecular flexibility index (Phi) is 4.42. The van der Waals surface area contributed by atoms with E-state index in [0.29, 0.717) is 6.04 Å². The fourth-order valence-corrected chi connectivity index (χ4v) is 3.24. The second kappa shape index (κ2) is 5.79. The number of thiazole rings is 1. The highest BCUT2D eigenvalue weighted by molar-refractivity contribution is 7.09. The molecule has 0 aliphatic carbocycles. The number of aryl methyl sites for hydroxylation is 1. The van der Waals surface area contributed by atoms with Crippen LogP contribution in [0.25, 0.3) is 0 Å². The van der Waals surface area contributed by atoms with Gasteiger partial charge in [-0.3, -0.25) is 4.68 Å². The molecule has 2 heterocycles. The van der Waals surface area contributed by atoms with Crippen molar-refractivity contribution in [3.05, 3.63) is 27.5 Å². The van der Waals surface area contributed by atoms with Gasteiger partial charge in [0.2, 0.25) is 0 Å². The van der Waals surface area contributed by atoms with E-state index in [1.54, 1.807) is 11.3 Å². The molecule has 2 aromatic heterocycles. The zero-order valence-corrected chi connectivity index (χ0v) is 14.9. The minimum Gasteiger partial charge on any atom is -0.376 e. The zero-order valence-electron chi connectivity index (χ0n) is 14.1. The molecule has 0 aliphatic heterocycles. The number of aromatic nitrogens is 3. The van der Waals surface area contributed by atoms with Crippen molar-refractivity contribution in [1.29, 1.82) is 0 Å². The van der Waals surface area contributed by atoms with Gasteiger partial charge in [0, 0.05) is 16.8 Å². The molecule has 2 rings (SSSR count). The Labute approximate surface area is 131 Å². The largest absolute Gasteiger partial charge is 0.376 e. The van der Waals surface area contributed by atoms with Gasteiger partial charge in [-0.2, -0.15) is 5.10 Å². The molecule has 0 radical (unpaired) electrons. The van der Waals surface area contributed by atoms with Crippen molar-refractivity contribution >= 4 is 17.0 Å². The van der Waals surface area contributed by atoms with E-state index in [1.165, 1.54) is 10.7 Å². The lowest BCUT2D eigenvalue weighted by Gasteiger charge is -2.13. The number of nitrogens with zero attached hydrogens (tertiary/aromatic N) is 3. The van der Waals surface area contributed by atoms with Gasteiger partial charge in [-0.05, 0) is 27.7 Å². The highest BCUT2D eigenvalue weighted by Crippen LogP contribution is 2.27. The third-order valence-corrected chi connectivity index (χ3v) is 4.77. The normalized spacial score (nSPS) is 12.2. The molecule has 0 aromatic carbocycles. The van der Waals surface area contributed by atoms with Crippen molar-refractivity contribution in [2.24, 2.45) is 0 Å². The first-order chi connectivity index (χ1) is 9.70. The topological polar surface area (TPSA) is 42.7 Å². The molecule has 0 aliphatic rings. The van der Waals surface area contributed by atoms with E-state index < -0.39 is 0 Å². The predicted octanol–water partition coefficient (Wildman–Crippen LogP) is 4.45. The first kappa shape index (κ1) is 16.0. The summed E-state index contributed by atoms with van der Waals surface area (Å²) in [6.45, 7) is 15.8. The Bertz CT molecular complexity index is 617. The molecule has 0 bridgehead atoms. The zero-order chi connectivity index (χ0) is 15.8. The first-order valence-electron chi connectivity index (χ1n) is 7.44. The molecule has 116 valence electrons. The van der Waals surface area contributed by atoms with Crippen LogP contribution in [0.2, 0.25) is 0 Å². The van der Waals surface area contributed by atoms with Crippen molar-refractivity contribution < 1.29 is 0 Å². The van der Waals surface area contributed by atoms with Gasteiger partial charge >= 0.3 is 0 Å². The number of anilines is 1. The Morgan fingerprint density at radius 3 is 2.43 bits per heavy atom. The summed E-state index contributed by atoms with van der Waals surface area (Å²) in [5, 5.41) is 11.4. The molecule has 5 heteroatoms. The molecule has 0 saturated heterocycles. The third kappa shape index (κ3) is 3.46. The fraction of sp³-hybridized carbons (Fsp3) is 0.625. The molecule has 0 atom stereocenters. The molecule has 0 fully saturated rings. The van der Waals surface area contributed by atoms with Crippen LogP contribution < -0.4 is 5.32 Å². The van der Waals surface area contributed by atoms with Crippen LogP contribution in [0.4, 0.5) is 5.69 Å². The number of rotatable bonds is 4. The Morgan fingerprint density at radius 1 is 1.29 bits per heavy atom. The minimum atomic E-state index is 0.122. The summed E-state index contributed by atoms with van der Waals surface area (Å²) in [7, 11) is 0. The lowest BCUT2D eigenvalue weighted by atomic mass is 9.98. The Hall–Kier alpha value is -1.36. The maximum atomic E-state index is 4.73. The molecule has 0 saturated carbocycles. The summed E-state index contributed by atoms with van der Waals surface area (Å²) in [4.78, 5) is 4.73. The predicted molar refractivity (Wildman–Crippen MR) is 90.2 cm³/mol. The van der Waals surface area contributed by atoms with E-state index in [2.05, 4.69) is 68.9 Å². The van der Waals surface area contributed by atoms with Crippen molar-refractivity contribution in [3.63, 3.8) is 0 Å². The fourth-order valence-electron chi connectivity index (χ4n) is 2.33. The van der Waals surface area contributed by atoms with Crippen LogP contribution in [0.15, 0.2) is 5.38 Å². The summed E-state index contributed by atoms with van der Waals surface area (Å²) >= 11 is 1.74. The standard InChI is InChI=1S/C16H26N4S/c1-10(2)20-12(4)14(11(3)19-20)17-8-13-9-21-15(18-13)16(5,6)7/h9-10,17H,8H2,1-7H3. The lowest BCUT2D eigenvalue weighted by Crippen LogP contribution is -2.11. The Balaban J connectivity index is 2.12. The maximum absolute atomic E-state index is 4.73. The van der Waals surface area contributed by atoms with E-state index in [0.717, 1.165) is 23.6 Å². The van der Waals surface area contributed by atoms with Gasteiger partial charge in [0.25, 0.3) is 0 Å². The summed E-state index contributed by atoms with van der Waals surface area (Å²) < 4.78 is 2.07. The molecular formula is C16H26N4S. The van der Waals surface area contributed by atoms with Crippen LogP contribution in [-0.4, -0.2) is 14.8 Å². The number of hydrogen-bond acceptors (Lipinski definition) is 4. The van der Waals surface area contributed by atoms with E-state index in [9.17, 15) is 0 Å². The molecule has 1 N–H and O–H groups in total. The van der Waals surface area contributed by atoms with E-state index >= 15 is 0 Å². The van der Waals surface area contributed by atoms with Gasteiger partial charge in [0.05, 0.1) is 34.3 Å². The number of nitrogens with one attached hydrogen (secondary N) is 1. The van der Waals surface area contributed by atoms with Crippen LogP contribution in [0, 0.1) is 13.8 Å². The van der Waals surface area contributed by atoms with E-state index in [1.807, 2.05) is 0 Å². The molecule has 0 amide bonds. The summed E-state index contributed by atoms with van der Waals surface area (Å²) in [5.41, 5.74) is 4.59. The van der Waals surface area contributed by atoms with Crippen LogP contribution in [-0.2, 0) is 12.0 Å². The third-order valence-electron chi connectivity index (χ3n) is 3.45. The smallest absolute Gasteiger partial charge is 0.0982 e. The van der Waals surface area contributed by atoms with Crippen LogP contribution >= 0.6 is 11.3 Å². The van der Waals surface area contributed by atoms with Gasteiger partial charge in [-0.25, -0.2) is 4.98 Å². The first-order valence-corrected chi connectivity index (χ1v) is 8.32.